The van der Waals surface area contributed by atoms with Crippen molar-refractivity contribution in [2.75, 3.05) is 5.32 Å². The molecule has 0 aliphatic rings. The van der Waals surface area contributed by atoms with Gasteiger partial charge in [0.25, 0.3) is 0 Å². The summed E-state index contributed by atoms with van der Waals surface area (Å²) in [6.07, 6.45) is 4.84. The van der Waals surface area contributed by atoms with Crippen LogP contribution in [-0.4, -0.2) is 15.7 Å². The van der Waals surface area contributed by atoms with Crippen LogP contribution >= 0.6 is 0 Å². The first-order valence-corrected chi connectivity index (χ1v) is 8.28. The molecule has 5 heteroatoms. The van der Waals surface area contributed by atoms with Crippen LogP contribution in [0.1, 0.15) is 43.2 Å². The highest BCUT2D eigenvalue weighted by Gasteiger charge is 2.08. The van der Waals surface area contributed by atoms with Crippen LogP contribution in [0.15, 0.2) is 29.4 Å². The summed E-state index contributed by atoms with van der Waals surface area (Å²) in [5, 5.41) is 7.73. The monoisotopic (exact) mass is 313 g/mol. The second-order valence-electron chi connectivity index (χ2n) is 5.61. The van der Waals surface area contributed by atoms with Gasteiger partial charge in [-0.15, -0.1) is 0 Å². The maximum absolute atomic E-state index is 6.11. The molecule has 3 N–H and O–H groups in total. The van der Waals surface area contributed by atoms with Gasteiger partial charge in [0, 0.05) is 24.5 Å². The highest BCUT2D eigenvalue weighted by atomic mass is 15.3. The molecule has 0 aliphatic carbocycles. The number of nitrogens with one attached hydrogen (secondary N) is 1. The minimum absolute atomic E-state index is 0.450. The molecular formula is C18H27N5. The first-order chi connectivity index (χ1) is 11.1. The summed E-state index contributed by atoms with van der Waals surface area (Å²) < 4.78 is 1.83. The average molecular weight is 313 g/mol. The van der Waals surface area contributed by atoms with Crippen LogP contribution in [0.5, 0.6) is 0 Å². The van der Waals surface area contributed by atoms with E-state index >= 15 is 0 Å². The molecule has 2 rings (SSSR count). The second kappa shape index (κ2) is 7.81. The fourth-order valence-corrected chi connectivity index (χ4v) is 2.75. The van der Waals surface area contributed by atoms with Crippen molar-refractivity contribution in [1.29, 1.82) is 0 Å². The van der Waals surface area contributed by atoms with E-state index in [0.29, 0.717) is 12.5 Å². The molecule has 0 saturated carbocycles. The second-order valence-corrected chi connectivity index (χ2v) is 5.61. The number of aromatic nitrogens is 2. The summed E-state index contributed by atoms with van der Waals surface area (Å²) in [5.41, 5.74) is 11.9. The van der Waals surface area contributed by atoms with Gasteiger partial charge in [-0.05, 0) is 30.4 Å². The van der Waals surface area contributed by atoms with Crippen LogP contribution in [-0.2, 0) is 32.9 Å². The van der Waals surface area contributed by atoms with E-state index in [1.54, 1.807) is 0 Å². The number of guanidine groups is 1. The van der Waals surface area contributed by atoms with Crippen molar-refractivity contribution in [2.45, 2.75) is 46.6 Å². The number of nitrogens with zero attached hydrogens (tertiary/aromatic N) is 3. The molecular weight excluding hydrogens is 286 g/mol. The molecule has 0 spiro atoms. The molecule has 23 heavy (non-hydrogen) atoms. The third-order valence-electron chi connectivity index (χ3n) is 4.00. The SMILES string of the molecule is CCc1cccc(CC)c1NC(N)=NCc1cn(C)nc1CC. The van der Waals surface area contributed by atoms with Crippen LogP contribution in [0.25, 0.3) is 0 Å². The van der Waals surface area contributed by atoms with Gasteiger partial charge >= 0.3 is 0 Å². The summed E-state index contributed by atoms with van der Waals surface area (Å²) in [6, 6.07) is 6.36. The van der Waals surface area contributed by atoms with Crippen molar-refractivity contribution in [3.8, 4) is 0 Å². The lowest BCUT2D eigenvalue weighted by molar-refractivity contribution is 0.746. The lowest BCUT2D eigenvalue weighted by atomic mass is 10.0. The van der Waals surface area contributed by atoms with E-state index in [0.717, 1.165) is 36.2 Å². The first kappa shape index (κ1) is 17.1. The van der Waals surface area contributed by atoms with Crippen molar-refractivity contribution < 1.29 is 0 Å². The predicted molar refractivity (Wildman–Crippen MR) is 96.7 cm³/mol. The standard InChI is InChI=1S/C18H27N5/c1-5-13-9-8-10-14(6-2)17(13)21-18(19)20-11-15-12-23(4)22-16(15)7-3/h8-10,12H,5-7,11H2,1-4H3,(H3,19,20,21). The Bertz CT molecular complexity index is 662. The fourth-order valence-electron chi connectivity index (χ4n) is 2.75. The molecule has 0 saturated heterocycles. The van der Waals surface area contributed by atoms with Gasteiger partial charge in [-0.1, -0.05) is 39.0 Å². The Kier molecular flexibility index (Phi) is 5.79. The third kappa shape index (κ3) is 4.12. The molecule has 0 fully saturated rings. The van der Waals surface area contributed by atoms with E-state index in [-0.39, 0.29) is 0 Å². The normalized spacial score (nSPS) is 11.7. The Balaban J connectivity index is 2.17. The number of hydrogen-bond acceptors (Lipinski definition) is 2. The average Bonchev–Trinajstić information content (AvgIpc) is 2.93. The maximum Gasteiger partial charge on any atom is 0.193 e. The number of rotatable bonds is 6. The van der Waals surface area contributed by atoms with E-state index in [9.17, 15) is 0 Å². The summed E-state index contributed by atoms with van der Waals surface area (Å²) in [7, 11) is 1.93. The van der Waals surface area contributed by atoms with Crippen LogP contribution in [0, 0.1) is 0 Å². The topological polar surface area (TPSA) is 68.2 Å². The Morgan fingerprint density at radius 2 is 1.78 bits per heavy atom. The number of para-hydroxylation sites is 1. The summed E-state index contributed by atoms with van der Waals surface area (Å²) in [5.74, 6) is 0.450. The summed E-state index contributed by atoms with van der Waals surface area (Å²) >= 11 is 0. The zero-order valence-electron chi connectivity index (χ0n) is 14.6. The van der Waals surface area contributed by atoms with E-state index in [2.05, 4.69) is 54.4 Å². The summed E-state index contributed by atoms with van der Waals surface area (Å²) in [6.45, 7) is 6.95. The van der Waals surface area contributed by atoms with Crippen molar-refractivity contribution >= 4 is 11.6 Å². The Morgan fingerprint density at radius 1 is 1.13 bits per heavy atom. The van der Waals surface area contributed by atoms with Crippen LogP contribution in [0.4, 0.5) is 5.69 Å². The van der Waals surface area contributed by atoms with Gasteiger partial charge in [0.1, 0.15) is 0 Å². The number of aryl methyl sites for hydroxylation is 4. The minimum Gasteiger partial charge on any atom is -0.370 e. The molecule has 0 radical (unpaired) electrons. The van der Waals surface area contributed by atoms with Crippen molar-refractivity contribution in [1.82, 2.24) is 9.78 Å². The van der Waals surface area contributed by atoms with Crippen LogP contribution < -0.4 is 11.1 Å². The van der Waals surface area contributed by atoms with Crippen LogP contribution in [0.3, 0.4) is 0 Å². The van der Waals surface area contributed by atoms with Gasteiger partial charge < -0.3 is 11.1 Å². The quantitative estimate of drug-likeness (QED) is 0.636. The van der Waals surface area contributed by atoms with E-state index in [1.807, 2.05) is 17.9 Å². The van der Waals surface area contributed by atoms with Crippen LogP contribution in [0.2, 0.25) is 0 Å². The summed E-state index contributed by atoms with van der Waals surface area (Å²) in [4.78, 5) is 4.49. The molecule has 124 valence electrons. The highest BCUT2D eigenvalue weighted by molar-refractivity contribution is 5.93. The van der Waals surface area contributed by atoms with Crippen molar-refractivity contribution in [2.24, 2.45) is 17.8 Å². The number of benzene rings is 1. The Labute approximate surface area is 138 Å². The fraction of sp³-hybridized carbons (Fsp3) is 0.444. The molecule has 1 aromatic carbocycles. The van der Waals surface area contributed by atoms with Gasteiger partial charge in [0.2, 0.25) is 0 Å². The third-order valence-corrected chi connectivity index (χ3v) is 4.00. The zero-order valence-corrected chi connectivity index (χ0v) is 14.6. The molecule has 1 heterocycles. The molecule has 0 unspecified atom stereocenters. The zero-order chi connectivity index (χ0) is 16.8. The largest absolute Gasteiger partial charge is 0.370 e. The predicted octanol–water partition coefficient (Wildman–Crippen LogP) is 3.03. The number of anilines is 1. The van der Waals surface area contributed by atoms with Crippen molar-refractivity contribution in [3.05, 3.63) is 46.8 Å². The number of nitrogens with two attached hydrogens (primary N) is 1. The number of hydrogen-bond donors (Lipinski definition) is 2. The number of aliphatic imine (C=N–C) groups is 1. The van der Waals surface area contributed by atoms with E-state index in [1.165, 1.54) is 11.1 Å². The van der Waals surface area contributed by atoms with E-state index in [4.69, 9.17) is 5.73 Å². The van der Waals surface area contributed by atoms with Gasteiger partial charge in [-0.3, -0.25) is 4.68 Å². The van der Waals surface area contributed by atoms with Gasteiger partial charge in [0.05, 0.1) is 12.2 Å². The lowest BCUT2D eigenvalue weighted by Gasteiger charge is -2.14. The molecule has 0 bridgehead atoms. The molecule has 0 amide bonds. The highest BCUT2D eigenvalue weighted by Crippen LogP contribution is 2.22. The molecule has 0 atom stereocenters. The Morgan fingerprint density at radius 3 is 2.35 bits per heavy atom. The molecule has 5 nitrogen and oxygen atoms in total. The van der Waals surface area contributed by atoms with Gasteiger partial charge in [-0.2, -0.15) is 5.10 Å². The van der Waals surface area contributed by atoms with Crippen molar-refractivity contribution in [3.63, 3.8) is 0 Å². The first-order valence-electron chi connectivity index (χ1n) is 8.28. The minimum atomic E-state index is 0.450. The molecule has 1 aromatic heterocycles. The Hall–Kier alpha value is -2.30. The van der Waals surface area contributed by atoms with Gasteiger partial charge in [-0.25, -0.2) is 4.99 Å². The smallest absolute Gasteiger partial charge is 0.193 e. The molecule has 2 aromatic rings. The maximum atomic E-state index is 6.11. The molecule has 0 aliphatic heterocycles. The van der Waals surface area contributed by atoms with E-state index < -0.39 is 0 Å². The van der Waals surface area contributed by atoms with Gasteiger partial charge in [0.15, 0.2) is 5.96 Å². The lowest BCUT2D eigenvalue weighted by Crippen LogP contribution is -2.24.